The molecule has 0 unspecified atom stereocenters. The summed E-state index contributed by atoms with van der Waals surface area (Å²) in [5.74, 6) is 0.655. The summed E-state index contributed by atoms with van der Waals surface area (Å²) < 4.78 is 6.73. The van der Waals surface area contributed by atoms with Crippen LogP contribution in [0.3, 0.4) is 0 Å². The fourth-order valence-electron chi connectivity index (χ4n) is 1.60. The number of ether oxygens (including phenoxy) is 1. The quantitative estimate of drug-likeness (QED) is 0.921. The summed E-state index contributed by atoms with van der Waals surface area (Å²) in [5.41, 5.74) is 2.09. The van der Waals surface area contributed by atoms with Crippen LogP contribution in [0.25, 0.3) is 0 Å². The minimum absolute atomic E-state index is 0.523. The van der Waals surface area contributed by atoms with Gasteiger partial charge in [-0.1, -0.05) is 34.1 Å². The first kappa shape index (κ1) is 13.1. The Morgan fingerprint density at radius 2 is 2.06 bits per heavy atom. The molecule has 18 heavy (non-hydrogen) atoms. The van der Waals surface area contributed by atoms with Gasteiger partial charge in [0.2, 0.25) is 5.88 Å². The van der Waals surface area contributed by atoms with E-state index in [1.54, 1.807) is 0 Å². The van der Waals surface area contributed by atoms with Crippen LogP contribution in [-0.2, 0) is 13.2 Å². The molecule has 1 N–H and O–H groups in total. The summed E-state index contributed by atoms with van der Waals surface area (Å²) in [7, 11) is 1.90. The average molecular weight is 307 g/mol. The zero-order valence-electron chi connectivity index (χ0n) is 10.2. The molecule has 0 radical (unpaired) electrons. The molecular weight excluding hydrogens is 292 g/mol. The van der Waals surface area contributed by atoms with Crippen LogP contribution in [0.15, 0.2) is 46.9 Å². The van der Waals surface area contributed by atoms with E-state index in [1.165, 1.54) is 0 Å². The topological polar surface area (TPSA) is 34.1 Å². The molecule has 3 nitrogen and oxygen atoms in total. The van der Waals surface area contributed by atoms with Crippen molar-refractivity contribution in [1.82, 2.24) is 10.3 Å². The van der Waals surface area contributed by atoms with Gasteiger partial charge >= 0.3 is 0 Å². The highest BCUT2D eigenvalue weighted by atomic mass is 79.9. The van der Waals surface area contributed by atoms with Gasteiger partial charge in [-0.2, -0.15) is 0 Å². The molecule has 4 heteroatoms. The van der Waals surface area contributed by atoms with Crippen molar-refractivity contribution in [1.29, 1.82) is 0 Å². The van der Waals surface area contributed by atoms with Gasteiger partial charge in [-0.3, -0.25) is 0 Å². The summed E-state index contributed by atoms with van der Waals surface area (Å²) in [5, 5.41) is 3.07. The van der Waals surface area contributed by atoms with Crippen LogP contribution < -0.4 is 10.1 Å². The summed E-state index contributed by atoms with van der Waals surface area (Å²) in [4.78, 5) is 4.40. The van der Waals surface area contributed by atoms with Crippen molar-refractivity contribution in [3.63, 3.8) is 0 Å². The van der Waals surface area contributed by atoms with E-state index in [0.29, 0.717) is 12.5 Å². The molecule has 0 saturated heterocycles. The first-order valence-electron chi connectivity index (χ1n) is 5.76. The zero-order chi connectivity index (χ0) is 12.8. The van der Waals surface area contributed by atoms with Crippen LogP contribution in [0.2, 0.25) is 0 Å². The standard InChI is InChI=1S/C14H15BrN2O/c1-16-9-13-6-3-7-14(17-13)18-10-11-4-2-5-12(15)8-11/h2-8,16H,9-10H2,1H3. The Kier molecular flexibility index (Phi) is 4.73. The SMILES string of the molecule is CNCc1cccc(OCc2cccc(Br)c2)n1. The van der Waals surface area contributed by atoms with Gasteiger partial charge in [0.05, 0.1) is 5.69 Å². The van der Waals surface area contributed by atoms with Crippen molar-refractivity contribution < 1.29 is 4.74 Å². The highest BCUT2D eigenvalue weighted by Crippen LogP contribution is 2.14. The molecule has 0 fully saturated rings. The van der Waals surface area contributed by atoms with Crippen LogP contribution in [0, 0.1) is 0 Å². The number of nitrogens with one attached hydrogen (secondary N) is 1. The van der Waals surface area contributed by atoms with E-state index in [-0.39, 0.29) is 0 Å². The van der Waals surface area contributed by atoms with Gasteiger partial charge in [-0.25, -0.2) is 4.98 Å². The van der Waals surface area contributed by atoms with Gasteiger partial charge in [0.25, 0.3) is 0 Å². The highest BCUT2D eigenvalue weighted by molar-refractivity contribution is 9.10. The van der Waals surface area contributed by atoms with E-state index in [2.05, 4.69) is 26.2 Å². The molecule has 1 aromatic carbocycles. The Bertz CT molecular complexity index is 517. The Morgan fingerprint density at radius 1 is 1.22 bits per heavy atom. The predicted octanol–water partition coefficient (Wildman–Crippen LogP) is 3.14. The van der Waals surface area contributed by atoms with Crippen molar-refractivity contribution in [2.75, 3.05) is 7.05 Å². The van der Waals surface area contributed by atoms with Crippen molar-refractivity contribution in [3.8, 4) is 5.88 Å². The van der Waals surface area contributed by atoms with Crippen LogP contribution in [-0.4, -0.2) is 12.0 Å². The lowest BCUT2D eigenvalue weighted by molar-refractivity contribution is 0.293. The van der Waals surface area contributed by atoms with Crippen molar-refractivity contribution in [2.45, 2.75) is 13.2 Å². The number of rotatable bonds is 5. The molecule has 1 aromatic heterocycles. The largest absolute Gasteiger partial charge is 0.473 e. The molecule has 0 aliphatic rings. The smallest absolute Gasteiger partial charge is 0.213 e. The number of pyridine rings is 1. The lowest BCUT2D eigenvalue weighted by atomic mass is 10.2. The van der Waals surface area contributed by atoms with Gasteiger partial charge in [0, 0.05) is 17.1 Å². The number of benzene rings is 1. The van der Waals surface area contributed by atoms with Crippen LogP contribution in [0.1, 0.15) is 11.3 Å². The molecule has 0 aliphatic carbocycles. The normalized spacial score (nSPS) is 10.3. The van der Waals surface area contributed by atoms with Gasteiger partial charge < -0.3 is 10.1 Å². The van der Waals surface area contributed by atoms with Gasteiger partial charge in [0.1, 0.15) is 6.61 Å². The van der Waals surface area contributed by atoms with E-state index in [1.807, 2.05) is 49.5 Å². The second kappa shape index (κ2) is 6.52. The number of hydrogen-bond acceptors (Lipinski definition) is 3. The first-order valence-corrected chi connectivity index (χ1v) is 6.55. The summed E-state index contributed by atoms with van der Waals surface area (Å²) in [6, 6.07) is 13.9. The number of aromatic nitrogens is 1. The van der Waals surface area contributed by atoms with E-state index >= 15 is 0 Å². The number of halogens is 1. The lowest BCUT2D eigenvalue weighted by Gasteiger charge is -2.07. The van der Waals surface area contributed by atoms with E-state index < -0.39 is 0 Å². The molecule has 0 spiro atoms. The average Bonchev–Trinajstić information content (AvgIpc) is 2.37. The van der Waals surface area contributed by atoms with Gasteiger partial charge in [0.15, 0.2) is 0 Å². The third-order valence-electron chi connectivity index (χ3n) is 2.41. The van der Waals surface area contributed by atoms with Crippen molar-refractivity contribution >= 4 is 15.9 Å². The first-order chi connectivity index (χ1) is 8.78. The maximum atomic E-state index is 5.67. The fraction of sp³-hybridized carbons (Fsp3) is 0.214. The number of hydrogen-bond donors (Lipinski definition) is 1. The van der Waals surface area contributed by atoms with Crippen molar-refractivity contribution in [3.05, 3.63) is 58.2 Å². The monoisotopic (exact) mass is 306 g/mol. The molecular formula is C14H15BrN2O. The maximum Gasteiger partial charge on any atom is 0.213 e. The molecule has 2 rings (SSSR count). The van der Waals surface area contributed by atoms with Crippen LogP contribution in [0.5, 0.6) is 5.88 Å². The third-order valence-corrected chi connectivity index (χ3v) is 2.91. The molecule has 0 atom stereocenters. The minimum atomic E-state index is 0.523. The van der Waals surface area contributed by atoms with Crippen LogP contribution in [0.4, 0.5) is 0 Å². The Labute approximate surface area is 115 Å². The Balaban J connectivity index is 1.99. The maximum absolute atomic E-state index is 5.67. The second-order valence-corrected chi connectivity index (χ2v) is 4.83. The zero-order valence-corrected chi connectivity index (χ0v) is 11.8. The number of nitrogens with zero attached hydrogens (tertiary/aromatic N) is 1. The van der Waals surface area contributed by atoms with Gasteiger partial charge in [-0.05, 0) is 30.8 Å². The molecule has 0 aliphatic heterocycles. The van der Waals surface area contributed by atoms with E-state index in [0.717, 1.165) is 22.3 Å². The molecule has 0 amide bonds. The second-order valence-electron chi connectivity index (χ2n) is 3.92. The Hall–Kier alpha value is -1.39. The van der Waals surface area contributed by atoms with E-state index in [4.69, 9.17) is 4.74 Å². The molecule has 94 valence electrons. The van der Waals surface area contributed by atoms with Gasteiger partial charge in [-0.15, -0.1) is 0 Å². The van der Waals surface area contributed by atoms with E-state index in [9.17, 15) is 0 Å². The van der Waals surface area contributed by atoms with Crippen LogP contribution >= 0.6 is 15.9 Å². The highest BCUT2D eigenvalue weighted by Gasteiger charge is 1.99. The lowest BCUT2D eigenvalue weighted by Crippen LogP contribution is -2.07. The predicted molar refractivity (Wildman–Crippen MR) is 75.5 cm³/mol. The molecule has 0 saturated carbocycles. The molecule has 2 aromatic rings. The van der Waals surface area contributed by atoms with Crippen molar-refractivity contribution in [2.24, 2.45) is 0 Å². The Morgan fingerprint density at radius 3 is 2.83 bits per heavy atom. The molecule has 1 heterocycles. The fourth-order valence-corrected chi connectivity index (χ4v) is 2.05. The summed E-state index contributed by atoms with van der Waals surface area (Å²) >= 11 is 3.44. The summed E-state index contributed by atoms with van der Waals surface area (Å²) in [6.45, 7) is 1.27. The molecule has 0 bridgehead atoms. The minimum Gasteiger partial charge on any atom is -0.473 e. The summed E-state index contributed by atoms with van der Waals surface area (Å²) in [6.07, 6.45) is 0. The third kappa shape index (κ3) is 3.82.